The lowest BCUT2D eigenvalue weighted by atomic mass is 9.82. The molecule has 0 bridgehead atoms. The fourth-order valence-electron chi connectivity index (χ4n) is 6.86. The Hall–Kier alpha value is -5.47. The van der Waals surface area contributed by atoms with Gasteiger partial charge in [-0.1, -0.05) is 100 Å². The lowest BCUT2D eigenvalue weighted by Crippen LogP contribution is -2.17. The average Bonchev–Trinajstić information content (AvgIpc) is 3.27. The van der Waals surface area contributed by atoms with Gasteiger partial charge in [0.1, 0.15) is 0 Å². The van der Waals surface area contributed by atoms with Crippen molar-refractivity contribution < 1.29 is 0 Å². The molecule has 0 amide bonds. The first-order valence-corrected chi connectivity index (χ1v) is 15.2. The molecule has 218 valence electrons. The Kier molecular flexibility index (Phi) is 6.86. The molecule has 45 heavy (non-hydrogen) atoms. The van der Waals surface area contributed by atoms with E-state index in [1.54, 1.807) is 6.20 Å². The highest BCUT2D eigenvalue weighted by atomic mass is 15.0. The molecule has 0 N–H and O–H groups in total. The van der Waals surface area contributed by atoms with Crippen LogP contribution in [0.5, 0.6) is 0 Å². The van der Waals surface area contributed by atoms with Crippen molar-refractivity contribution in [1.82, 2.24) is 19.9 Å². The van der Waals surface area contributed by atoms with Gasteiger partial charge in [-0.3, -0.25) is 4.98 Å². The molecular weight excluding hydrogens is 550 g/mol. The summed E-state index contributed by atoms with van der Waals surface area (Å²) in [5.41, 5.74) is 9.95. The minimum Gasteiger partial charge on any atom is -0.256 e. The Morgan fingerprint density at radius 2 is 1.16 bits per heavy atom. The topological polar surface area (TPSA) is 75.3 Å². The van der Waals surface area contributed by atoms with Crippen LogP contribution in [0.2, 0.25) is 0 Å². The molecule has 0 fully saturated rings. The van der Waals surface area contributed by atoms with Gasteiger partial charge in [-0.05, 0) is 75.9 Å². The Morgan fingerprint density at radius 3 is 1.89 bits per heavy atom. The number of benzene rings is 4. The van der Waals surface area contributed by atoms with Crippen LogP contribution in [0.4, 0.5) is 0 Å². The molecule has 0 saturated heterocycles. The van der Waals surface area contributed by atoms with Crippen LogP contribution >= 0.6 is 0 Å². The molecule has 1 aliphatic rings. The van der Waals surface area contributed by atoms with Crippen LogP contribution in [0.3, 0.4) is 0 Å². The van der Waals surface area contributed by atoms with E-state index >= 15 is 0 Å². The van der Waals surface area contributed by atoms with Gasteiger partial charge in [0.25, 0.3) is 0 Å². The number of aromatic nitrogens is 4. The van der Waals surface area contributed by atoms with Gasteiger partial charge in [0.15, 0.2) is 17.5 Å². The van der Waals surface area contributed by atoms with Gasteiger partial charge in [0.05, 0.1) is 17.3 Å². The normalized spacial score (nSPS) is 14.5. The molecule has 0 saturated carbocycles. The molecule has 2 heterocycles. The molecule has 5 nitrogen and oxygen atoms in total. The van der Waals surface area contributed by atoms with Crippen molar-refractivity contribution >= 4 is 0 Å². The Balaban J connectivity index is 1.38. The van der Waals surface area contributed by atoms with E-state index in [0.717, 1.165) is 45.5 Å². The second kappa shape index (κ2) is 10.9. The molecule has 1 aliphatic carbocycles. The minimum absolute atomic E-state index is 0.0714. The number of hydrogen-bond donors (Lipinski definition) is 0. The molecule has 2 aromatic heterocycles. The van der Waals surface area contributed by atoms with Crippen molar-refractivity contribution in [3.05, 3.63) is 132 Å². The van der Waals surface area contributed by atoms with Crippen LogP contribution in [-0.2, 0) is 10.8 Å². The van der Waals surface area contributed by atoms with Gasteiger partial charge < -0.3 is 0 Å². The standard InChI is InChI=1S/C40H33N5/c1-39(2)25-40(3,4)34-23-28(16-17-33(34)39)31-19-26(24-41)20-32(22-31)38-44-36(27-11-6-5-7-12-27)43-37(45-38)30-14-10-13-29(21-30)35-15-8-9-18-42-35/h5-23H,25H2,1-4H3. The Morgan fingerprint density at radius 1 is 0.533 bits per heavy atom. The summed E-state index contributed by atoms with van der Waals surface area (Å²) in [6.45, 7) is 9.29. The zero-order valence-electron chi connectivity index (χ0n) is 25.9. The summed E-state index contributed by atoms with van der Waals surface area (Å²) in [4.78, 5) is 19.4. The van der Waals surface area contributed by atoms with Gasteiger partial charge in [0, 0.05) is 28.5 Å². The smallest absolute Gasteiger partial charge is 0.164 e. The van der Waals surface area contributed by atoms with Crippen molar-refractivity contribution in [3.8, 4) is 62.6 Å². The van der Waals surface area contributed by atoms with Crippen molar-refractivity contribution in [2.24, 2.45) is 0 Å². The van der Waals surface area contributed by atoms with E-state index < -0.39 is 0 Å². The number of nitriles is 1. The summed E-state index contributed by atoms with van der Waals surface area (Å²) >= 11 is 0. The highest BCUT2D eigenvalue weighted by Crippen LogP contribution is 2.50. The fourth-order valence-corrected chi connectivity index (χ4v) is 6.86. The van der Waals surface area contributed by atoms with Crippen molar-refractivity contribution in [2.45, 2.75) is 44.9 Å². The first kappa shape index (κ1) is 28.3. The summed E-state index contributed by atoms with van der Waals surface area (Å²) < 4.78 is 0. The van der Waals surface area contributed by atoms with Crippen LogP contribution in [-0.4, -0.2) is 19.9 Å². The molecule has 7 rings (SSSR count). The van der Waals surface area contributed by atoms with Gasteiger partial charge in [-0.2, -0.15) is 5.26 Å². The van der Waals surface area contributed by atoms with E-state index in [-0.39, 0.29) is 10.8 Å². The fraction of sp³-hybridized carbons (Fsp3) is 0.175. The van der Waals surface area contributed by atoms with Crippen LogP contribution in [0.15, 0.2) is 115 Å². The van der Waals surface area contributed by atoms with E-state index in [2.05, 4.69) is 69.1 Å². The number of rotatable bonds is 5. The maximum absolute atomic E-state index is 10.1. The van der Waals surface area contributed by atoms with Gasteiger partial charge >= 0.3 is 0 Å². The molecule has 0 aliphatic heterocycles. The lowest BCUT2D eigenvalue weighted by Gasteiger charge is -2.22. The highest BCUT2D eigenvalue weighted by Gasteiger charge is 2.41. The quantitative estimate of drug-likeness (QED) is 0.202. The summed E-state index contributed by atoms with van der Waals surface area (Å²) in [5.74, 6) is 1.65. The molecule has 4 aromatic carbocycles. The van der Waals surface area contributed by atoms with Gasteiger partial charge in [-0.15, -0.1) is 0 Å². The van der Waals surface area contributed by atoms with Crippen molar-refractivity contribution in [2.75, 3.05) is 0 Å². The number of hydrogen-bond acceptors (Lipinski definition) is 5. The number of pyridine rings is 1. The van der Waals surface area contributed by atoms with Crippen LogP contribution in [0, 0.1) is 11.3 Å². The number of nitrogens with zero attached hydrogens (tertiary/aromatic N) is 5. The van der Waals surface area contributed by atoms with Gasteiger partial charge in [0.2, 0.25) is 0 Å². The van der Waals surface area contributed by atoms with Gasteiger partial charge in [-0.25, -0.2) is 15.0 Å². The third-order valence-corrected chi connectivity index (χ3v) is 8.76. The van der Waals surface area contributed by atoms with Crippen LogP contribution < -0.4 is 0 Å². The molecule has 0 unspecified atom stereocenters. The minimum atomic E-state index is 0.0714. The van der Waals surface area contributed by atoms with Crippen molar-refractivity contribution in [1.29, 1.82) is 5.26 Å². The summed E-state index contributed by atoms with van der Waals surface area (Å²) in [5, 5.41) is 10.1. The van der Waals surface area contributed by atoms with E-state index in [1.165, 1.54) is 11.1 Å². The van der Waals surface area contributed by atoms with Crippen LogP contribution in [0.25, 0.3) is 56.5 Å². The molecule has 6 aromatic rings. The molecule has 0 atom stereocenters. The van der Waals surface area contributed by atoms with E-state index in [4.69, 9.17) is 15.0 Å². The monoisotopic (exact) mass is 583 g/mol. The largest absolute Gasteiger partial charge is 0.256 e. The molecule has 0 radical (unpaired) electrons. The second-order valence-corrected chi connectivity index (χ2v) is 13.1. The van der Waals surface area contributed by atoms with E-state index in [9.17, 15) is 5.26 Å². The number of fused-ring (bicyclic) bond motifs is 1. The SMILES string of the molecule is CC1(C)CC(C)(C)c2cc(-c3cc(C#N)cc(-c4nc(-c5ccccc5)nc(-c5cccc(-c6ccccn6)c5)n4)c3)ccc21. The summed E-state index contributed by atoms with van der Waals surface area (Å²) in [6.07, 6.45) is 2.89. The summed E-state index contributed by atoms with van der Waals surface area (Å²) in [7, 11) is 0. The zero-order chi connectivity index (χ0) is 31.2. The Bertz CT molecular complexity index is 2090. The van der Waals surface area contributed by atoms with Crippen LogP contribution in [0.1, 0.15) is 50.8 Å². The van der Waals surface area contributed by atoms with E-state index in [0.29, 0.717) is 23.0 Å². The average molecular weight is 584 g/mol. The summed E-state index contributed by atoms with van der Waals surface area (Å²) in [6, 6.07) is 38.9. The first-order chi connectivity index (χ1) is 21.7. The maximum atomic E-state index is 10.1. The maximum Gasteiger partial charge on any atom is 0.164 e. The highest BCUT2D eigenvalue weighted by molar-refractivity contribution is 5.76. The second-order valence-electron chi connectivity index (χ2n) is 13.1. The Labute approximate surface area is 264 Å². The molecule has 5 heteroatoms. The predicted octanol–water partition coefficient (Wildman–Crippen LogP) is 9.43. The van der Waals surface area contributed by atoms with Crippen molar-refractivity contribution in [3.63, 3.8) is 0 Å². The molecular formula is C40H33N5. The predicted molar refractivity (Wildman–Crippen MR) is 180 cm³/mol. The lowest BCUT2D eigenvalue weighted by molar-refractivity contribution is 0.403. The third kappa shape index (κ3) is 5.41. The third-order valence-electron chi connectivity index (χ3n) is 8.76. The first-order valence-electron chi connectivity index (χ1n) is 15.2. The zero-order valence-corrected chi connectivity index (χ0v) is 25.9. The van der Waals surface area contributed by atoms with E-state index in [1.807, 2.05) is 78.9 Å². The molecule has 0 spiro atoms.